The number of ether oxygens (including phenoxy) is 1. The molecule has 0 aliphatic carbocycles. The molecule has 2 aromatic rings. The second-order valence-corrected chi connectivity index (χ2v) is 6.91. The predicted octanol–water partition coefficient (Wildman–Crippen LogP) is 4.25. The Morgan fingerprint density at radius 1 is 1.08 bits per heavy atom. The van der Waals surface area contributed by atoms with Crippen molar-refractivity contribution >= 4 is 12.4 Å². The SMILES string of the molecule is CCOc1ccccc1CCC(C)(C)NCC(O)c1ccc(O)cc1.Cl. The summed E-state index contributed by atoms with van der Waals surface area (Å²) in [5, 5.41) is 23.1. The molecule has 0 bridgehead atoms. The lowest BCUT2D eigenvalue weighted by molar-refractivity contribution is 0.159. The topological polar surface area (TPSA) is 61.7 Å². The first-order valence-corrected chi connectivity index (χ1v) is 8.84. The molecule has 4 nitrogen and oxygen atoms in total. The Balaban J connectivity index is 0.00000338. The number of phenols is 1. The van der Waals surface area contributed by atoms with E-state index in [4.69, 9.17) is 4.74 Å². The molecular weight excluding hydrogens is 350 g/mol. The summed E-state index contributed by atoms with van der Waals surface area (Å²) in [6.45, 7) is 7.40. The monoisotopic (exact) mass is 379 g/mol. The number of hydrogen-bond donors (Lipinski definition) is 3. The van der Waals surface area contributed by atoms with Crippen LogP contribution < -0.4 is 10.1 Å². The number of aromatic hydroxyl groups is 1. The van der Waals surface area contributed by atoms with Gasteiger partial charge in [-0.25, -0.2) is 0 Å². The van der Waals surface area contributed by atoms with Crippen LogP contribution in [0.15, 0.2) is 48.5 Å². The number of nitrogens with one attached hydrogen (secondary N) is 1. The van der Waals surface area contributed by atoms with Crippen molar-refractivity contribution < 1.29 is 14.9 Å². The lowest BCUT2D eigenvalue weighted by Gasteiger charge is -2.28. The van der Waals surface area contributed by atoms with E-state index < -0.39 is 6.10 Å². The molecule has 0 aromatic heterocycles. The molecule has 0 saturated carbocycles. The molecule has 2 aromatic carbocycles. The van der Waals surface area contributed by atoms with E-state index in [0.29, 0.717) is 13.2 Å². The molecule has 0 radical (unpaired) electrons. The van der Waals surface area contributed by atoms with Gasteiger partial charge in [0.1, 0.15) is 11.5 Å². The fraction of sp³-hybridized carbons (Fsp3) is 0.429. The number of para-hydroxylation sites is 1. The van der Waals surface area contributed by atoms with Gasteiger partial charge in [0.15, 0.2) is 0 Å². The molecule has 0 aliphatic heterocycles. The number of benzene rings is 2. The number of aliphatic hydroxyl groups is 1. The van der Waals surface area contributed by atoms with Crippen molar-refractivity contribution in [2.45, 2.75) is 45.3 Å². The third-order valence-electron chi connectivity index (χ3n) is 4.34. The number of hydrogen-bond acceptors (Lipinski definition) is 4. The highest BCUT2D eigenvalue weighted by atomic mass is 35.5. The number of halogens is 1. The highest BCUT2D eigenvalue weighted by Gasteiger charge is 2.20. The second kappa shape index (κ2) is 10.4. The van der Waals surface area contributed by atoms with E-state index in [2.05, 4.69) is 25.2 Å². The average Bonchev–Trinajstić information content (AvgIpc) is 2.60. The van der Waals surface area contributed by atoms with Gasteiger partial charge in [0.25, 0.3) is 0 Å². The van der Waals surface area contributed by atoms with Gasteiger partial charge >= 0.3 is 0 Å². The molecule has 0 fully saturated rings. The van der Waals surface area contributed by atoms with Gasteiger partial charge in [0.05, 0.1) is 12.7 Å². The Morgan fingerprint density at radius 3 is 2.38 bits per heavy atom. The van der Waals surface area contributed by atoms with Gasteiger partial charge in [-0.2, -0.15) is 0 Å². The van der Waals surface area contributed by atoms with Crippen molar-refractivity contribution in [3.05, 3.63) is 59.7 Å². The van der Waals surface area contributed by atoms with Crippen LogP contribution in [-0.4, -0.2) is 28.9 Å². The molecule has 1 unspecified atom stereocenters. The zero-order chi connectivity index (χ0) is 18.3. The van der Waals surface area contributed by atoms with E-state index in [-0.39, 0.29) is 23.7 Å². The minimum atomic E-state index is -0.601. The van der Waals surface area contributed by atoms with Crippen LogP contribution in [0.1, 0.15) is 44.4 Å². The van der Waals surface area contributed by atoms with Crippen LogP contribution >= 0.6 is 12.4 Å². The van der Waals surface area contributed by atoms with Crippen LogP contribution in [-0.2, 0) is 6.42 Å². The van der Waals surface area contributed by atoms with Gasteiger partial charge in [0.2, 0.25) is 0 Å². The fourth-order valence-corrected chi connectivity index (χ4v) is 2.73. The fourth-order valence-electron chi connectivity index (χ4n) is 2.73. The van der Waals surface area contributed by atoms with Crippen LogP contribution in [0.2, 0.25) is 0 Å². The quantitative estimate of drug-likeness (QED) is 0.609. The summed E-state index contributed by atoms with van der Waals surface area (Å²) >= 11 is 0. The Bertz CT molecular complexity index is 659. The van der Waals surface area contributed by atoms with Gasteiger partial charge < -0.3 is 20.3 Å². The summed E-state index contributed by atoms with van der Waals surface area (Å²) in [7, 11) is 0. The third kappa shape index (κ3) is 6.87. The van der Waals surface area contributed by atoms with Gasteiger partial charge in [0, 0.05) is 12.1 Å². The number of aliphatic hydroxyl groups excluding tert-OH is 1. The minimum Gasteiger partial charge on any atom is -0.508 e. The predicted molar refractivity (Wildman–Crippen MR) is 108 cm³/mol. The Morgan fingerprint density at radius 2 is 1.73 bits per heavy atom. The lowest BCUT2D eigenvalue weighted by atomic mass is 9.94. The van der Waals surface area contributed by atoms with Gasteiger partial charge in [-0.3, -0.25) is 0 Å². The molecule has 0 aliphatic rings. The first kappa shape index (κ1) is 22.3. The number of β-amino-alcohol motifs (C(OH)–C–C–N with tert-alkyl or cyclic N) is 1. The van der Waals surface area contributed by atoms with Crippen LogP contribution in [0, 0.1) is 0 Å². The summed E-state index contributed by atoms with van der Waals surface area (Å²) in [6.07, 6.45) is 1.24. The van der Waals surface area contributed by atoms with Crippen LogP contribution in [0.4, 0.5) is 0 Å². The van der Waals surface area contributed by atoms with E-state index in [1.165, 1.54) is 5.56 Å². The van der Waals surface area contributed by atoms with Gasteiger partial charge in [-0.05, 0) is 62.9 Å². The lowest BCUT2D eigenvalue weighted by Crippen LogP contribution is -2.42. The van der Waals surface area contributed by atoms with Crippen LogP contribution in [0.5, 0.6) is 11.5 Å². The van der Waals surface area contributed by atoms with E-state index in [0.717, 1.165) is 24.2 Å². The van der Waals surface area contributed by atoms with Crippen LogP contribution in [0.3, 0.4) is 0 Å². The largest absolute Gasteiger partial charge is 0.508 e. The maximum Gasteiger partial charge on any atom is 0.122 e. The summed E-state index contributed by atoms with van der Waals surface area (Å²) in [5.41, 5.74) is 1.89. The molecule has 26 heavy (non-hydrogen) atoms. The summed E-state index contributed by atoms with van der Waals surface area (Å²) in [6, 6.07) is 14.8. The van der Waals surface area contributed by atoms with Crippen molar-refractivity contribution in [2.75, 3.05) is 13.2 Å². The maximum absolute atomic E-state index is 10.3. The van der Waals surface area contributed by atoms with Crippen LogP contribution in [0.25, 0.3) is 0 Å². The highest BCUT2D eigenvalue weighted by molar-refractivity contribution is 5.85. The molecule has 0 amide bonds. The first-order valence-electron chi connectivity index (χ1n) is 8.84. The zero-order valence-electron chi connectivity index (χ0n) is 15.7. The highest BCUT2D eigenvalue weighted by Crippen LogP contribution is 2.23. The molecule has 0 spiro atoms. The normalized spacial score (nSPS) is 12.3. The van der Waals surface area contributed by atoms with E-state index in [1.54, 1.807) is 24.3 Å². The maximum atomic E-state index is 10.3. The third-order valence-corrected chi connectivity index (χ3v) is 4.34. The summed E-state index contributed by atoms with van der Waals surface area (Å²) < 4.78 is 5.69. The standard InChI is InChI=1S/C21H29NO3.ClH/c1-4-25-20-8-6-5-7-17(20)13-14-21(2,3)22-15-19(24)16-9-11-18(23)12-10-16;/h5-12,19,22-24H,4,13-15H2,1-3H3;1H. The Hall–Kier alpha value is -1.75. The molecule has 1 atom stereocenters. The van der Waals surface area contributed by atoms with Gasteiger partial charge in [-0.1, -0.05) is 30.3 Å². The van der Waals surface area contributed by atoms with E-state index in [1.807, 2.05) is 25.1 Å². The number of phenolic OH excluding ortho intramolecular Hbond substituents is 1. The second-order valence-electron chi connectivity index (χ2n) is 6.91. The van der Waals surface area contributed by atoms with Crippen molar-refractivity contribution in [1.82, 2.24) is 5.32 Å². The summed E-state index contributed by atoms with van der Waals surface area (Å²) in [4.78, 5) is 0. The van der Waals surface area contributed by atoms with Crippen molar-refractivity contribution in [2.24, 2.45) is 0 Å². The smallest absolute Gasteiger partial charge is 0.122 e. The van der Waals surface area contributed by atoms with E-state index in [9.17, 15) is 10.2 Å². The molecule has 3 N–H and O–H groups in total. The summed E-state index contributed by atoms with van der Waals surface area (Å²) in [5.74, 6) is 1.15. The average molecular weight is 380 g/mol. The molecule has 144 valence electrons. The Kier molecular flexibility index (Phi) is 8.93. The molecule has 0 heterocycles. The molecule has 0 saturated heterocycles. The molecule has 2 rings (SSSR count). The van der Waals surface area contributed by atoms with Crippen molar-refractivity contribution in [1.29, 1.82) is 0 Å². The zero-order valence-corrected chi connectivity index (χ0v) is 16.6. The van der Waals surface area contributed by atoms with Gasteiger partial charge in [-0.15, -0.1) is 12.4 Å². The number of rotatable bonds is 9. The molecular formula is C21H30ClNO3. The first-order chi connectivity index (χ1) is 11.9. The Labute approximate surface area is 162 Å². The number of aryl methyl sites for hydroxylation is 1. The van der Waals surface area contributed by atoms with Crippen molar-refractivity contribution in [3.8, 4) is 11.5 Å². The molecule has 5 heteroatoms. The minimum absolute atomic E-state index is 0. The van der Waals surface area contributed by atoms with E-state index >= 15 is 0 Å². The van der Waals surface area contributed by atoms with Crippen molar-refractivity contribution in [3.63, 3.8) is 0 Å².